The molecule has 1 heterocycles. The number of H-pyrrole nitrogens is 1. The Morgan fingerprint density at radius 1 is 1.09 bits per heavy atom. The second kappa shape index (κ2) is 6.59. The van der Waals surface area contributed by atoms with Crippen molar-refractivity contribution in [2.24, 2.45) is 0 Å². The van der Waals surface area contributed by atoms with Crippen molar-refractivity contribution < 1.29 is 4.74 Å². The number of hydrogen-bond acceptors (Lipinski definition) is 2. The maximum absolute atomic E-state index is 6.03. The Balaban J connectivity index is 1.84. The molecule has 0 fully saturated rings. The second-order valence-corrected chi connectivity index (χ2v) is 5.91. The van der Waals surface area contributed by atoms with Gasteiger partial charge >= 0.3 is 0 Å². The van der Waals surface area contributed by atoms with E-state index in [4.69, 9.17) is 27.9 Å². The summed E-state index contributed by atoms with van der Waals surface area (Å²) in [5, 5.41) is 1.02. The largest absolute Gasteiger partial charge is 0.494 e. The van der Waals surface area contributed by atoms with Crippen LogP contribution in [0.2, 0.25) is 10.0 Å². The molecule has 0 aliphatic carbocycles. The van der Waals surface area contributed by atoms with Crippen LogP contribution in [0, 0.1) is 0 Å². The number of ether oxygens (including phenoxy) is 1. The van der Waals surface area contributed by atoms with Gasteiger partial charge in [-0.15, -0.1) is 0 Å². The van der Waals surface area contributed by atoms with Gasteiger partial charge in [-0.3, -0.25) is 0 Å². The Bertz CT molecular complexity index is 742. The molecule has 0 saturated heterocycles. The normalized spacial score (nSPS) is 11.0. The summed E-state index contributed by atoms with van der Waals surface area (Å²) in [7, 11) is 0. The van der Waals surface area contributed by atoms with Gasteiger partial charge in [0.2, 0.25) is 0 Å². The van der Waals surface area contributed by atoms with Gasteiger partial charge < -0.3 is 9.72 Å². The molecule has 0 bridgehead atoms. The topological polar surface area (TPSA) is 37.9 Å². The summed E-state index contributed by atoms with van der Waals surface area (Å²) >= 11 is 12.0. The smallest absolute Gasteiger partial charge is 0.138 e. The number of nitrogens with zero attached hydrogens (tertiary/aromatic N) is 1. The summed E-state index contributed by atoms with van der Waals surface area (Å²) in [5.41, 5.74) is 2.66. The molecule has 0 amide bonds. The van der Waals surface area contributed by atoms with Gasteiger partial charge in [0.15, 0.2) is 0 Å². The number of hydrogen-bond donors (Lipinski definition) is 1. The first kappa shape index (κ1) is 15.2. The van der Waals surface area contributed by atoms with Crippen LogP contribution in [-0.2, 0) is 0 Å². The third-order valence-electron chi connectivity index (χ3n) is 3.42. The quantitative estimate of drug-likeness (QED) is 0.606. The molecule has 3 rings (SSSR count). The molecule has 0 radical (unpaired) electrons. The Hall–Kier alpha value is -1.71. The van der Waals surface area contributed by atoms with Crippen molar-refractivity contribution in [3.05, 3.63) is 46.4 Å². The van der Waals surface area contributed by atoms with Gasteiger partial charge in [-0.2, -0.15) is 0 Å². The fraction of sp³-hybridized carbons (Fsp3) is 0.235. The fourth-order valence-electron chi connectivity index (χ4n) is 2.19. The first-order chi connectivity index (χ1) is 10.7. The summed E-state index contributed by atoms with van der Waals surface area (Å²) in [4.78, 5) is 7.81. The number of aromatic amines is 1. The highest BCUT2D eigenvalue weighted by atomic mass is 35.5. The van der Waals surface area contributed by atoms with E-state index >= 15 is 0 Å². The summed E-state index contributed by atoms with van der Waals surface area (Å²) in [6.45, 7) is 2.89. The standard InChI is InChI=1S/C17H16Cl2N2O/c1-2-3-8-22-12-6-4-11(5-7-12)17-20-15-9-13(18)14(19)10-16(15)21-17/h4-7,9-10H,2-3,8H2,1H3,(H,20,21). The zero-order valence-corrected chi connectivity index (χ0v) is 13.7. The van der Waals surface area contributed by atoms with Crippen molar-refractivity contribution >= 4 is 34.2 Å². The van der Waals surface area contributed by atoms with E-state index in [0.29, 0.717) is 10.0 Å². The molecule has 5 heteroatoms. The number of rotatable bonds is 5. The average molecular weight is 335 g/mol. The first-order valence-electron chi connectivity index (χ1n) is 7.25. The van der Waals surface area contributed by atoms with Gasteiger partial charge in [0.25, 0.3) is 0 Å². The summed E-state index contributed by atoms with van der Waals surface area (Å²) in [5.74, 6) is 1.66. The maximum atomic E-state index is 6.03. The van der Waals surface area contributed by atoms with E-state index in [1.165, 1.54) is 0 Å². The molecule has 3 aromatic rings. The monoisotopic (exact) mass is 334 g/mol. The third-order valence-corrected chi connectivity index (χ3v) is 4.14. The Morgan fingerprint density at radius 3 is 2.55 bits per heavy atom. The molecular formula is C17H16Cl2N2O. The van der Waals surface area contributed by atoms with Crippen LogP contribution >= 0.6 is 23.2 Å². The summed E-state index contributed by atoms with van der Waals surface area (Å²) in [6, 6.07) is 11.4. The van der Waals surface area contributed by atoms with Gasteiger partial charge in [0.1, 0.15) is 11.6 Å². The van der Waals surface area contributed by atoms with Crippen LogP contribution in [0.5, 0.6) is 5.75 Å². The van der Waals surface area contributed by atoms with E-state index in [0.717, 1.165) is 47.6 Å². The van der Waals surface area contributed by atoms with Crippen LogP contribution in [0.4, 0.5) is 0 Å². The number of aromatic nitrogens is 2. The molecule has 114 valence electrons. The van der Waals surface area contributed by atoms with Crippen molar-refractivity contribution in [2.45, 2.75) is 19.8 Å². The van der Waals surface area contributed by atoms with Gasteiger partial charge in [-0.25, -0.2) is 4.98 Å². The predicted octanol–water partition coefficient (Wildman–Crippen LogP) is 5.72. The fourth-order valence-corrected chi connectivity index (χ4v) is 2.51. The molecule has 0 atom stereocenters. The van der Waals surface area contributed by atoms with Crippen LogP contribution in [0.25, 0.3) is 22.4 Å². The number of benzene rings is 2. The molecule has 0 unspecified atom stereocenters. The Labute approximate surface area is 139 Å². The number of imidazole rings is 1. The van der Waals surface area contributed by atoms with Crippen LogP contribution in [-0.4, -0.2) is 16.6 Å². The lowest BCUT2D eigenvalue weighted by Crippen LogP contribution is -1.96. The highest BCUT2D eigenvalue weighted by molar-refractivity contribution is 6.42. The number of unbranched alkanes of at least 4 members (excludes halogenated alkanes) is 1. The molecule has 3 nitrogen and oxygen atoms in total. The van der Waals surface area contributed by atoms with Crippen molar-refractivity contribution in [3.8, 4) is 17.1 Å². The molecule has 22 heavy (non-hydrogen) atoms. The summed E-state index contributed by atoms with van der Waals surface area (Å²) < 4.78 is 5.66. The van der Waals surface area contributed by atoms with Gasteiger partial charge in [-0.05, 0) is 42.8 Å². The highest BCUT2D eigenvalue weighted by Crippen LogP contribution is 2.29. The van der Waals surface area contributed by atoms with E-state index in [-0.39, 0.29) is 0 Å². The van der Waals surface area contributed by atoms with Crippen LogP contribution in [0.3, 0.4) is 0 Å². The minimum Gasteiger partial charge on any atom is -0.494 e. The number of halogens is 2. The second-order valence-electron chi connectivity index (χ2n) is 5.10. The van der Waals surface area contributed by atoms with Crippen molar-refractivity contribution in [3.63, 3.8) is 0 Å². The van der Waals surface area contributed by atoms with Crippen molar-refractivity contribution in [2.75, 3.05) is 6.61 Å². The zero-order valence-electron chi connectivity index (χ0n) is 12.2. The molecule has 1 aromatic heterocycles. The maximum Gasteiger partial charge on any atom is 0.138 e. The lowest BCUT2D eigenvalue weighted by atomic mass is 10.2. The molecule has 1 N–H and O–H groups in total. The van der Waals surface area contributed by atoms with Gasteiger partial charge in [0.05, 0.1) is 27.7 Å². The molecular weight excluding hydrogens is 319 g/mol. The molecule has 0 aliphatic heterocycles. The van der Waals surface area contributed by atoms with E-state index in [1.54, 1.807) is 12.1 Å². The summed E-state index contributed by atoms with van der Waals surface area (Å²) in [6.07, 6.45) is 2.19. The molecule has 0 aliphatic rings. The van der Waals surface area contributed by atoms with Crippen LogP contribution in [0.15, 0.2) is 36.4 Å². The lowest BCUT2D eigenvalue weighted by molar-refractivity contribution is 0.309. The Kier molecular flexibility index (Phi) is 4.55. The van der Waals surface area contributed by atoms with Crippen molar-refractivity contribution in [1.29, 1.82) is 0 Å². The molecule has 0 saturated carbocycles. The lowest BCUT2D eigenvalue weighted by Gasteiger charge is -2.05. The van der Waals surface area contributed by atoms with E-state index in [2.05, 4.69) is 16.9 Å². The van der Waals surface area contributed by atoms with Gasteiger partial charge in [-0.1, -0.05) is 36.5 Å². The van der Waals surface area contributed by atoms with Crippen LogP contribution in [0.1, 0.15) is 19.8 Å². The first-order valence-corrected chi connectivity index (χ1v) is 8.01. The molecule has 2 aromatic carbocycles. The van der Waals surface area contributed by atoms with Crippen molar-refractivity contribution in [1.82, 2.24) is 9.97 Å². The SMILES string of the molecule is CCCCOc1ccc(-c2nc3cc(Cl)c(Cl)cc3[nH]2)cc1. The minimum atomic E-state index is 0.506. The highest BCUT2D eigenvalue weighted by Gasteiger charge is 2.08. The van der Waals surface area contributed by atoms with Crippen LogP contribution < -0.4 is 4.74 Å². The number of nitrogens with one attached hydrogen (secondary N) is 1. The van der Waals surface area contributed by atoms with E-state index in [9.17, 15) is 0 Å². The molecule has 0 spiro atoms. The van der Waals surface area contributed by atoms with E-state index in [1.807, 2.05) is 24.3 Å². The van der Waals surface area contributed by atoms with E-state index < -0.39 is 0 Å². The Morgan fingerprint density at radius 2 is 1.82 bits per heavy atom. The average Bonchev–Trinajstić information content (AvgIpc) is 2.91. The predicted molar refractivity (Wildman–Crippen MR) is 92.0 cm³/mol. The third kappa shape index (κ3) is 3.21. The van der Waals surface area contributed by atoms with Gasteiger partial charge in [0, 0.05) is 5.56 Å². The minimum absolute atomic E-state index is 0.506. The number of fused-ring (bicyclic) bond motifs is 1. The zero-order chi connectivity index (χ0) is 15.5.